The molecule has 1 unspecified atom stereocenters. The van der Waals surface area contributed by atoms with Crippen molar-refractivity contribution < 1.29 is 0 Å². The average Bonchev–Trinajstić information content (AvgIpc) is 3.45. The lowest BCUT2D eigenvalue weighted by Gasteiger charge is -2.27. The van der Waals surface area contributed by atoms with E-state index >= 15 is 0 Å². The second-order valence-electron chi connectivity index (χ2n) is 13.0. The van der Waals surface area contributed by atoms with Crippen LogP contribution in [0.15, 0.2) is 158 Å². The van der Waals surface area contributed by atoms with Crippen LogP contribution in [-0.2, 0) is 18.3 Å². The Kier molecular flexibility index (Phi) is 7.31. The van der Waals surface area contributed by atoms with E-state index in [1.165, 1.54) is 42.8 Å². The Morgan fingerprint density at radius 1 is 0.587 bits per heavy atom. The maximum absolute atomic E-state index is 2.42. The smallest absolute Gasteiger partial charge is 0.0462 e. The van der Waals surface area contributed by atoms with Crippen molar-refractivity contribution in [1.29, 1.82) is 0 Å². The molecule has 0 saturated heterocycles. The summed E-state index contributed by atoms with van der Waals surface area (Å²) in [7, 11) is 0. The summed E-state index contributed by atoms with van der Waals surface area (Å²) >= 11 is 1.99. The minimum atomic E-state index is -0.0169. The van der Waals surface area contributed by atoms with Crippen molar-refractivity contribution in [2.24, 2.45) is 0 Å². The first-order valence-corrected chi connectivity index (χ1v) is 17.1. The van der Waals surface area contributed by atoms with Crippen LogP contribution in [0.2, 0.25) is 0 Å². The van der Waals surface area contributed by atoms with Crippen LogP contribution in [0, 0.1) is 0 Å². The fraction of sp³-hybridized carbons (Fsp3) is 0.136. The standard InChI is InChI=1S/C44H37NS/c1-44(2)41-19-11-9-17-38(41)34(30-40-39-18-10-12-20-42(39)46-43(40)44)29-31-21-23-32(24-22-31)33-25-27-37(28-26-33)45(35-13-5-3-6-14-35)36-15-7-4-8-16-36/h3-28,34H,29-30H2,1-2H3. The van der Waals surface area contributed by atoms with Crippen LogP contribution >= 0.6 is 11.3 Å². The molecule has 1 nitrogen and oxygen atoms in total. The number of anilines is 3. The van der Waals surface area contributed by atoms with Gasteiger partial charge in [0.25, 0.3) is 0 Å². The first-order valence-electron chi connectivity index (χ1n) is 16.3. The fourth-order valence-electron chi connectivity index (χ4n) is 7.41. The molecule has 1 atom stereocenters. The van der Waals surface area contributed by atoms with Gasteiger partial charge in [0.1, 0.15) is 0 Å². The van der Waals surface area contributed by atoms with Crippen molar-refractivity contribution in [2.45, 2.75) is 38.0 Å². The second-order valence-corrected chi connectivity index (χ2v) is 14.0. The normalized spacial score (nSPS) is 15.1. The molecule has 0 amide bonds. The minimum Gasteiger partial charge on any atom is -0.311 e. The second kappa shape index (κ2) is 11.8. The molecule has 8 rings (SSSR count). The van der Waals surface area contributed by atoms with E-state index in [2.05, 4.69) is 176 Å². The molecule has 1 heterocycles. The number of para-hydroxylation sites is 2. The summed E-state index contributed by atoms with van der Waals surface area (Å²) in [5.41, 5.74) is 11.8. The van der Waals surface area contributed by atoms with Gasteiger partial charge in [0.05, 0.1) is 0 Å². The van der Waals surface area contributed by atoms with Gasteiger partial charge in [-0.25, -0.2) is 0 Å². The van der Waals surface area contributed by atoms with Gasteiger partial charge in [-0.1, -0.05) is 129 Å². The molecule has 1 aliphatic rings. The van der Waals surface area contributed by atoms with Crippen molar-refractivity contribution in [3.05, 3.63) is 185 Å². The highest BCUT2D eigenvalue weighted by molar-refractivity contribution is 7.19. The Morgan fingerprint density at radius 2 is 1.13 bits per heavy atom. The summed E-state index contributed by atoms with van der Waals surface area (Å²) in [6, 6.07) is 57.6. The summed E-state index contributed by atoms with van der Waals surface area (Å²) in [5.74, 6) is 0.432. The predicted molar refractivity (Wildman–Crippen MR) is 197 cm³/mol. The molecule has 2 heteroatoms. The van der Waals surface area contributed by atoms with Gasteiger partial charge in [0.2, 0.25) is 0 Å². The summed E-state index contributed by atoms with van der Waals surface area (Å²) in [6.07, 6.45) is 2.10. The van der Waals surface area contributed by atoms with Crippen LogP contribution < -0.4 is 4.90 Å². The maximum Gasteiger partial charge on any atom is 0.0462 e. The maximum atomic E-state index is 2.42. The monoisotopic (exact) mass is 611 g/mol. The Hall–Kier alpha value is -4.92. The van der Waals surface area contributed by atoms with Gasteiger partial charge in [0.15, 0.2) is 0 Å². The Balaban J connectivity index is 1.08. The molecule has 0 aliphatic heterocycles. The van der Waals surface area contributed by atoms with Crippen LogP contribution in [0.3, 0.4) is 0 Å². The third-order valence-electron chi connectivity index (χ3n) is 9.71. The minimum absolute atomic E-state index is 0.0169. The first kappa shape index (κ1) is 28.5. The molecule has 0 radical (unpaired) electrons. The summed E-state index contributed by atoms with van der Waals surface area (Å²) in [4.78, 5) is 3.83. The number of nitrogens with zero attached hydrogens (tertiary/aromatic N) is 1. The van der Waals surface area contributed by atoms with E-state index in [4.69, 9.17) is 0 Å². The third kappa shape index (κ3) is 5.13. The quantitative estimate of drug-likeness (QED) is 0.181. The summed E-state index contributed by atoms with van der Waals surface area (Å²) in [6.45, 7) is 4.84. The first-order chi connectivity index (χ1) is 22.6. The molecular weight excluding hydrogens is 575 g/mol. The zero-order valence-corrected chi connectivity index (χ0v) is 27.2. The van der Waals surface area contributed by atoms with Crippen LogP contribution in [0.4, 0.5) is 17.1 Å². The van der Waals surface area contributed by atoms with Gasteiger partial charge < -0.3 is 4.90 Å². The Bertz CT molecular complexity index is 2070. The van der Waals surface area contributed by atoms with E-state index < -0.39 is 0 Å². The van der Waals surface area contributed by atoms with E-state index in [0.717, 1.165) is 29.9 Å². The number of rotatable bonds is 6. The zero-order chi connectivity index (χ0) is 31.1. The topological polar surface area (TPSA) is 3.24 Å². The molecule has 1 aromatic heterocycles. The molecule has 224 valence electrons. The molecule has 46 heavy (non-hydrogen) atoms. The van der Waals surface area contributed by atoms with E-state index in [9.17, 15) is 0 Å². The summed E-state index contributed by atoms with van der Waals surface area (Å²) < 4.78 is 1.41. The van der Waals surface area contributed by atoms with Gasteiger partial charge in [-0.15, -0.1) is 11.3 Å². The van der Waals surface area contributed by atoms with Gasteiger partial charge >= 0.3 is 0 Å². The Labute approximate surface area is 276 Å². The molecule has 0 saturated carbocycles. The molecule has 0 spiro atoms. The van der Waals surface area contributed by atoms with Crippen LogP contribution in [0.25, 0.3) is 21.2 Å². The highest BCUT2D eigenvalue weighted by Crippen LogP contribution is 2.49. The predicted octanol–water partition coefficient (Wildman–Crippen LogP) is 12.2. The number of thiophene rings is 1. The van der Waals surface area contributed by atoms with Gasteiger partial charge in [-0.05, 0) is 100.0 Å². The number of hydrogen-bond acceptors (Lipinski definition) is 2. The van der Waals surface area contributed by atoms with E-state index in [1.807, 2.05) is 11.3 Å². The van der Waals surface area contributed by atoms with Crippen LogP contribution in [-0.4, -0.2) is 0 Å². The van der Waals surface area contributed by atoms with Crippen LogP contribution in [0.1, 0.15) is 46.9 Å². The van der Waals surface area contributed by atoms with E-state index in [1.54, 1.807) is 5.56 Å². The van der Waals surface area contributed by atoms with Crippen molar-refractivity contribution in [3.63, 3.8) is 0 Å². The lowest BCUT2D eigenvalue weighted by atomic mass is 9.78. The van der Waals surface area contributed by atoms with E-state index in [-0.39, 0.29) is 5.41 Å². The molecule has 0 fully saturated rings. The SMILES string of the molecule is CC1(C)c2ccccc2C(Cc2ccc(-c3ccc(N(c4ccccc4)c4ccccc4)cc3)cc2)Cc2c1sc1ccccc21. The van der Waals surface area contributed by atoms with Gasteiger partial charge in [-0.2, -0.15) is 0 Å². The van der Waals surface area contributed by atoms with Gasteiger partial charge in [0, 0.05) is 32.1 Å². The molecule has 0 bridgehead atoms. The van der Waals surface area contributed by atoms with Gasteiger partial charge in [-0.3, -0.25) is 0 Å². The number of benzene rings is 6. The molecule has 1 aliphatic carbocycles. The molecule has 0 N–H and O–H groups in total. The zero-order valence-electron chi connectivity index (χ0n) is 26.4. The van der Waals surface area contributed by atoms with Crippen molar-refractivity contribution in [3.8, 4) is 11.1 Å². The van der Waals surface area contributed by atoms with E-state index in [0.29, 0.717) is 5.92 Å². The number of fused-ring (bicyclic) bond motifs is 4. The molecule has 7 aromatic rings. The van der Waals surface area contributed by atoms with Crippen molar-refractivity contribution >= 4 is 38.5 Å². The average molecular weight is 612 g/mol. The highest BCUT2D eigenvalue weighted by atomic mass is 32.1. The highest BCUT2D eigenvalue weighted by Gasteiger charge is 2.36. The Morgan fingerprint density at radius 3 is 1.80 bits per heavy atom. The molecule has 6 aromatic carbocycles. The van der Waals surface area contributed by atoms with Crippen molar-refractivity contribution in [2.75, 3.05) is 4.90 Å². The molecular formula is C44H37NS. The van der Waals surface area contributed by atoms with Crippen LogP contribution in [0.5, 0.6) is 0 Å². The fourth-order valence-corrected chi connectivity index (χ4v) is 8.76. The van der Waals surface area contributed by atoms with Crippen molar-refractivity contribution in [1.82, 2.24) is 0 Å². The largest absolute Gasteiger partial charge is 0.311 e. The number of hydrogen-bond donors (Lipinski definition) is 0. The third-order valence-corrected chi connectivity index (χ3v) is 11.3. The summed E-state index contributed by atoms with van der Waals surface area (Å²) in [5, 5.41) is 1.44. The lowest BCUT2D eigenvalue weighted by Crippen LogP contribution is -2.19. The lowest BCUT2D eigenvalue weighted by molar-refractivity contribution is 0.641.